The van der Waals surface area contributed by atoms with Crippen LogP contribution in [-0.4, -0.2) is 34.0 Å². The maximum atomic E-state index is 11.1. The number of methoxy groups -OCH3 is 1. The van der Waals surface area contributed by atoms with Crippen molar-refractivity contribution in [2.45, 2.75) is 32.3 Å². The molecule has 0 aliphatic carbocycles. The molecule has 0 spiro atoms. The number of hydrazine groups is 1. The Hall–Kier alpha value is -1.35. The fourth-order valence-electron chi connectivity index (χ4n) is 2.06. The van der Waals surface area contributed by atoms with E-state index in [0.29, 0.717) is 0 Å². The van der Waals surface area contributed by atoms with Crippen molar-refractivity contribution in [3.63, 3.8) is 0 Å². The zero-order chi connectivity index (χ0) is 13.4. The van der Waals surface area contributed by atoms with Crippen LogP contribution in [-0.2, 0) is 4.74 Å². The molecule has 1 aromatic heterocycles. The minimum absolute atomic E-state index is 0.0215. The van der Waals surface area contributed by atoms with Gasteiger partial charge in [0.05, 0.1) is 13.2 Å². The Balaban J connectivity index is 2.34. The molecule has 18 heavy (non-hydrogen) atoms. The lowest BCUT2D eigenvalue weighted by molar-refractivity contribution is -0.0353. The third kappa shape index (κ3) is 1.93. The fourth-order valence-corrected chi connectivity index (χ4v) is 2.06. The van der Waals surface area contributed by atoms with Crippen molar-refractivity contribution in [2.75, 3.05) is 12.3 Å². The molecule has 0 aromatic carbocycles. The van der Waals surface area contributed by atoms with E-state index in [9.17, 15) is 10.3 Å². The van der Waals surface area contributed by atoms with Gasteiger partial charge in [0.2, 0.25) is 5.88 Å². The number of aliphatic hydroxyl groups is 1. The van der Waals surface area contributed by atoms with Crippen LogP contribution < -0.4 is 15.8 Å². The molecule has 4 atom stereocenters. The molecule has 102 valence electrons. The van der Waals surface area contributed by atoms with Crippen LogP contribution in [0.15, 0.2) is 6.33 Å². The minimum Gasteiger partial charge on any atom is -0.742 e. The van der Waals surface area contributed by atoms with E-state index in [0.717, 1.165) is 0 Å². The Morgan fingerprint density at radius 1 is 1.61 bits per heavy atom. The van der Waals surface area contributed by atoms with Gasteiger partial charge in [0.25, 0.3) is 0 Å². The quantitative estimate of drug-likeness (QED) is 0.578. The first-order valence-corrected chi connectivity index (χ1v) is 5.63. The van der Waals surface area contributed by atoms with E-state index in [1.54, 1.807) is 0 Å². The number of nitrogens with two attached hydrogens (primary N) is 1. The summed E-state index contributed by atoms with van der Waals surface area (Å²) in [5.41, 5.74) is 0. The van der Waals surface area contributed by atoms with Crippen LogP contribution in [0, 0.1) is 11.1 Å². The van der Waals surface area contributed by atoms with Crippen LogP contribution in [0.4, 0.5) is 5.82 Å². The number of hydrogen-bond acceptors (Lipinski definition) is 7. The topological polar surface area (TPSA) is 109 Å². The van der Waals surface area contributed by atoms with Gasteiger partial charge in [-0.25, -0.2) is 4.98 Å². The average Bonchev–Trinajstić information content (AvgIpc) is 2.86. The van der Waals surface area contributed by atoms with Crippen molar-refractivity contribution in [3.05, 3.63) is 11.5 Å². The van der Waals surface area contributed by atoms with Crippen molar-refractivity contribution in [3.8, 4) is 5.88 Å². The molecule has 0 bridgehead atoms. The molecule has 2 rings (SSSR count). The zero-order valence-corrected chi connectivity index (χ0v) is 10.5. The second-order valence-corrected chi connectivity index (χ2v) is 4.39. The van der Waals surface area contributed by atoms with Crippen LogP contribution in [0.2, 0.25) is 0 Å². The predicted molar refractivity (Wildman–Crippen MR) is 63.6 cm³/mol. The molecule has 8 nitrogen and oxygen atoms in total. The molecule has 8 heteroatoms. The lowest BCUT2D eigenvalue weighted by Crippen LogP contribution is -2.25. The van der Waals surface area contributed by atoms with Crippen LogP contribution >= 0.6 is 0 Å². The Bertz CT molecular complexity index is 422. The number of aromatic nitrogens is 2. The lowest BCUT2D eigenvalue weighted by Gasteiger charge is -2.23. The number of nitrogens with zero attached hydrogens (tertiary/aromatic N) is 3. The molecular weight excluding hydrogens is 240 g/mol. The van der Waals surface area contributed by atoms with Gasteiger partial charge in [-0.1, -0.05) is 6.92 Å². The maximum absolute atomic E-state index is 11.1. The van der Waals surface area contributed by atoms with Gasteiger partial charge in [-0.15, -0.1) is 0 Å². The summed E-state index contributed by atoms with van der Waals surface area (Å²) in [6.07, 6.45) is -0.0633. The van der Waals surface area contributed by atoms with Crippen LogP contribution in [0.5, 0.6) is 5.88 Å². The van der Waals surface area contributed by atoms with E-state index in [1.807, 2.05) is 13.8 Å². The summed E-state index contributed by atoms with van der Waals surface area (Å²) in [5.74, 6) is 5.20. The van der Waals surface area contributed by atoms with Gasteiger partial charge in [0, 0.05) is 5.92 Å². The Morgan fingerprint density at radius 3 is 2.72 bits per heavy atom. The van der Waals surface area contributed by atoms with Gasteiger partial charge in [-0.2, -0.15) is 0 Å². The van der Waals surface area contributed by atoms with Gasteiger partial charge in [0.15, 0.2) is 12.0 Å². The molecular formula is C10H17N4O4-. The summed E-state index contributed by atoms with van der Waals surface area (Å²) >= 11 is 0. The number of aliphatic hydroxyl groups excluding tert-OH is 1. The van der Waals surface area contributed by atoms with Gasteiger partial charge < -0.3 is 25.0 Å². The second kappa shape index (κ2) is 4.73. The molecule has 0 saturated carbocycles. The summed E-state index contributed by atoms with van der Waals surface area (Å²) in [6, 6.07) is 0. The molecule has 1 aliphatic rings. The molecule has 3 N–H and O–H groups in total. The number of rotatable bonds is 3. The van der Waals surface area contributed by atoms with E-state index >= 15 is 0 Å². The molecule has 2 heterocycles. The largest absolute Gasteiger partial charge is 0.742 e. The standard InChI is InChI=1S/C10H17N4O4/c1-5-6(2)18-9(7(5)15)13-4-12-8(14(11)16)10(13)17-3/h4-7,9,15H,11H2,1-3H3/q-1/t5?,6-,7?,9?/m1/s1. The zero-order valence-electron chi connectivity index (χ0n) is 10.5. The number of ether oxygens (including phenoxy) is 2. The van der Waals surface area contributed by atoms with Crippen molar-refractivity contribution >= 4 is 5.82 Å². The highest BCUT2D eigenvalue weighted by molar-refractivity contribution is 5.48. The fraction of sp³-hybridized carbons (Fsp3) is 0.700. The number of imidazole rings is 1. The molecule has 0 radical (unpaired) electrons. The molecule has 1 aromatic rings. The van der Waals surface area contributed by atoms with Crippen molar-refractivity contribution in [2.24, 2.45) is 11.8 Å². The van der Waals surface area contributed by atoms with E-state index < -0.39 is 12.3 Å². The van der Waals surface area contributed by atoms with Crippen molar-refractivity contribution in [1.82, 2.24) is 9.55 Å². The summed E-state index contributed by atoms with van der Waals surface area (Å²) < 4.78 is 12.2. The monoisotopic (exact) mass is 257 g/mol. The third-order valence-electron chi connectivity index (χ3n) is 3.33. The van der Waals surface area contributed by atoms with Gasteiger partial charge in [-0.3, -0.25) is 10.4 Å². The molecule has 1 aliphatic heterocycles. The normalized spacial score (nSPS) is 31.7. The summed E-state index contributed by atoms with van der Waals surface area (Å²) in [7, 11) is 1.40. The first kappa shape index (κ1) is 13.1. The Labute approximate surface area is 104 Å². The summed E-state index contributed by atoms with van der Waals surface area (Å²) in [6.45, 7) is 3.77. The lowest BCUT2D eigenvalue weighted by atomic mass is 10.0. The minimum atomic E-state index is -0.700. The maximum Gasteiger partial charge on any atom is 0.241 e. The smallest absolute Gasteiger partial charge is 0.241 e. The number of anilines is 1. The van der Waals surface area contributed by atoms with Gasteiger partial charge in [0.1, 0.15) is 12.4 Å². The molecule has 1 saturated heterocycles. The summed E-state index contributed by atoms with van der Waals surface area (Å²) in [5, 5.41) is 21.3. The van der Waals surface area contributed by atoms with Crippen LogP contribution in [0.1, 0.15) is 20.1 Å². The SMILES string of the molecule is COc1c(N(N)[O-])ncn1C1O[C@H](C)C(C)C1O. The van der Waals surface area contributed by atoms with E-state index in [1.165, 1.54) is 18.0 Å². The van der Waals surface area contributed by atoms with E-state index in [4.69, 9.17) is 15.3 Å². The first-order valence-electron chi connectivity index (χ1n) is 5.63. The molecule has 0 amide bonds. The Kier molecular flexibility index (Phi) is 3.44. The third-order valence-corrected chi connectivity index (χ3v) is 3.33. The molecule has 1 fully saturated rings. The first-order chi connectivity index (χ1) is 8.47. The average molecular weight is 257 g/mol. The number of hydrogen-bond donors (Lipinski definition) is 2. The highest BCUT2D eigenvalue weighted by Gasteiger charge is 2.40. The second-order valence-electron chi connectivity index (χ2n) is 4.39. The highest BCUT2D eigenvalue weighted by atomic mass is 16.6. The highest BCUT2D eigenvalue weighted by Crippen LogP contribution is 2.38. The molecule has 3 unspecified atom stereocenters. The van der Waals surface area contributed by atoms with E-state index in [-0.39, 0.29) is 28.9 Å². The van der Waals surface area contributed by atoms with E-state index in [2.05, 4.69) is 4.98 Å². The van der Waals surface area contributed by atoms with Crippen molar-refractivity contribution < 1.29 is 14.6 Å². The van der Waals surface area contributed by atoms with Crippen molar-refractivity contribution in [1.29, 1.82) is 0 Å². The Morgan fingerprint density at radius 2 is 2.28 bits per heavy atom. The summed E-state index contributed by atoms with van der Waals surface area (Å²) in [4.78, 5) is 3.85. The van der Waals surface area contributed by atoms with Crippen LogP contribution in [0.3, 0.4) is 0 Å². The van der Waals surface area contributed by atoms with Gasteiger partial charge >= 0.3 is 0 Å². The predicted octanol–water partition coefficient (Wildman–Crippen LogP) is -0.0161. The van der Waals surface area contributed by atoms with Gasteiger partial charge in [-0.05, 0) is 6.92 Å². The van der Waals surface area contributed by atoms with Crippen LogP contribution in [0.25, 0.3) is 0 Å².